The van der Waals surface area contributed by atoms with E-state index in [2.05, 4.69) is 5.32 Å². The fourth-order valence-electron chi connectivity index (χ4n) is 1.92. The maximum Gasteiger partial charge on any atom is 0.252 e. The quantitative estimate of drug-likeness (QED) is 0.899. The molecule has 0 unspecified atom stereocenters. The van der Waals surface area contributed by atoms with Crippen LogP contribution in [-0.4, -0.2) is 32.7 Å². The Hall–Kier alpha value is -1.70. The van der Waals surface area contributed by atoms with Crippen molar-refractivity contribution in [1.29, 1.82) is 0 Å². The number of aryl methyl sites for hydroxylation is 2. The minimum absolute atomic E-state index is 0.168. The standard InChI is InChI=1S/C16H20N2O3S2/c1-11-5-6-13(9-12(11)2)16(19)17-10-14-7-8-15(22-14)23(20,21)18(3)4/h5-9H,10H2,1-4H3,(H,17,19). The summed E-state index contributed by atoms with van der Waals surface area (Å²) in [7, 11) is -0.426. The minimum Gasteiger partial charge on any atom is -0.347 e. The van der Waals surface area contributed by atoms with Gasteiger partial charge in [0.25, 0.3) is 15.9 Å². The number of sulfonamides is 1. The van der Waals surface area contributed by atoms with Crippen molar-refractivity contribution in [2.24, 2.45) is 0 Å². The van der Waals surface area contributed by atoms with E-state index in [0.717, 1.165) is 16.0 Å². The zero-order chi connectivity index (χ0) is 17.2. The zero-order valence-electron chi connectivity index (χ0n) is 13.6. The molecule has 0 aliphatic rings. The number of benzene rings is 1. The van der Waals surface area contributed by atoms with Gasteiger partial charge >= 0.3 is 0 Å². The van der Waals surface area contributed by atoms with Crippen LogP contribution < -0.4 is 5.32 Å². The summed E-state index contributed by atoms with van der Waals surface area (Å²) in [6.45, 7) is 4.26. The van der Waals surface area contributed by atoms with Gasteiger partial charge < -0.3 is 5.32 Å². The van der Waals surface area contributed by atoms with Crippen LogP contribution in [0.25, 0.3) is 0 Å². The molecule has 0 aliphatic carbocycles. The van der Waals surface area contributed by atoms with Gasteiger partial charge in [0.2, 0.25) is 0 Å². The molecular weight excluding hydrogens is 332 g/mol. The molecular formula is C16H20N2O3S2. The van der Waals surface area contributed by atoms with E-state index in [1.165, 1.54) is 29.7 Å². The second-order valence-electron chi connectivity index (χ2n) is 5.49. The lowest BCUT2D eigenvalue weighted by atomic mass is 10.1. The normalized spacial score (nSPS) is 11.7. The lowest BCUT2D eigenvalue weighted by Gasteiger charge is -2.08. The van der Waals surface area contributed by atoms with Crippen LogP contribution in [0.5, 0.6) is 0 Å². The van der Waals surface area contributed by atoms with Gasteiger partial charge in [0, 0.05) is 24.5 Å². The SMILES string of the molecule is Cc1ccc(C(=O)NCc2ccc(S(=O)(=O)N(C)C)s2)cc1C. The first kappa shape index (κ1) is 17.7. The van der Waals surface area contributed by atoms with E-state index < -0.39 is 10.0 Å². The molecule has 0 radical (unpaired) electrons. The van der Waals surface area contributed by atoms with Gasteiger partial charge in [-0.3, -0.25) is 4.79 Å². The Labute approximate surface area is 141 Å². The van der Waals surface area contributed by atoms with Crippen molar-refractivity contribution in [3.63, 3.8) is 0 Å². The van der Waals surface area contributed by atoms with E-state index in [9.17, 15) is 13.2 Å². The van der Waals surface area contributed by atoms with Gasteiger partial charge in [0.05, 0.1) is 6.54 Å². The molecule has 1 N–H and O–H groups in total. The van der Waals surface area contributed by atoms with Crippen molar-refractivity contribution < 1.29 is 13.2 Å². The molecule has 2 rings (SSSR count). The monoisotopic (exact) mass is 352 g/mol. The third-order valence-electron chi connectivity index (χ3n) is 3.56. The number of carbonyl (C=O) groups excluding carboxylic acids is 1. The van der Waals surface area contributed by atoms with Gasteiger partial charge in [-0.25, -0.2) is 12.7 Å². The fourth-order valence-corrected chi connectivity index (χ4v) is 4.39. The number of thiophene rings is 1. The molecule has 7 heteroatoms. The first-order valence-corrected chi connectivity index (χ1v) is 9.34. The Bertz CT molecular complexity index is 824. The van der Waals surface area contributed by atoms with E-state index in [1.54, 1.807) is 18.2 Å². The molecule has 1 amide bonds. The van der Waals surface area contributed by atoms with Crippen LogP contribution in [0, 0.1) is 13.8 Å². The van der Waals surface area contributed by atoms with Crippen LogP contribution in [0.3, 0.4) is 0 Å². The molecule has 0 bridgehead atoms. The number of rotatable bonds is 5. The third-order valence-corrected chi connectivity index (χ3v) is 6.93. The van der Waals surface area contributed by atoms with E-state index in [4.69, 9.17) is 0 Å². The number of nitrogens with one attached hydrogen (secondary N) is 1. The summed E-state index contributed by atoms with van der Waals surface area (Å²) < 4.78 is 25.5. The Morgan fingerprint density at radius 3 is 2.43 bits per heavy atom. The molecule has 0 saturated carbocycles. The van der Waals surface area contributed by atoms with Gasteiger partial charge in [-0.2, -0.15) is 0 Å². The number of nitrogens with zero attached hydrogens (tertiary/aromatic N) is 1. The highest BCUT2D eigenvalue weighted by atomic mass is 32.2. The molecule has 0 spiro atoms. The highest BCUT2D eigenvalue weighted by molar-refractivity contribution is 7.91. The van der Waals surface area contributed by atoms with Gasteiger partial charge in [-0.1, -0.05) is 6.07 Å². The van der Waals surface area contributed by atoms with Crippen LogP contribution in [0.1, 0.15) is 26.4 Å². The van der Waals surface area contributed by atoms with Gasteiger partial charge in [0.1, 0.15) is 4.21 Å². The van der Waals surface area contributed by atoms with Gasteiger partial charge in [-0.15, -0.1) is 11.3 Å². The smallest absolute Gasteiger partial charge is 0.252 e. The molecule has 1 heterocycles. The van der Waals surface area contributed by atoms with Gasteiger partial charge in [0.15, 0.2) is 0 Å². The van der Waals surface area contributed by atoms with Crippen LogP contribution in [0.2, 0.25) is 0 Å². The molecule has 124 valence electrons. The summed E-state index contributed by atoms with van der Waals surface area (Å²) in [6.07, 6.45) is 0. The highest BCUT2D eigenvalue weighted by Crippen LogP contribution is 2.23. The number of carbonyl (C=O) groups is 1. The first-order chi connectivity index (χ1) is 10.7. The maximum absolute atomic E-state index is 12.2. The lowest BCUT2D eigenvalue weighted by molar-refractivity contribution is 0.0951. The van der Waals surface area contributed by atoms with Crippen LogP contribution in [0.15, 0.2) is 34.5 Å². The molecule has 0 aliphatic heterocycles. The average Bonchev–Trinajstić information content (AvgIpc) is 2.97. The molecule has 0 saturated heterocycles. The fraction of sp³-hybridized carbons (Fsp3) is 0.312. The molecule has 5 nitrogen and oxygen atoms in total. The largest absolute Gasteiger partial charge is 0.347 e. The summed E-state index contributed by atoms with van der Waals surface area (Å²) in [5, 5.41) is 2.82. The Morgan fingerprint density at radius 1 is 1.13 bits per heavy atom. The van der Waals surface area contributed by atoms with E-state index in [1.807, 2.05) is 26.0 Å². The third kappa shape index (κ3) is 3.99. The van der Waals surface area contributed by atoms with Crippen molar-refractivity contribution in [2.75, 3.05) is 14.1 Å². The molecule has 0 fully saturated rings. The van der Waals surface area contributed by atoms with Crippen molar-refractivity contribution in [1.82, 2.24) is 9.62 Å². The Balaban J connectivity index is 2.05. The molecule has 1 aromatic carbocycles. The summed E-state index contributed by atoms with van der Waals surface area (Å²) in [5.74, 6) is -0.168. The van der Waals surface area contributed by atoms with Crippen molar-refractivity contribution in [2.45, 2.75) is 24.6 Å². The Kier molecular flexibility index (Phi) is 5.23. The van der Waals surface area contributed by atoms with Crippen LogP contribution in [0.4, 0.5) is 0 Å². The van der Waals surface area contributed by atoms with E-state index in [-0.39, 0.29) is 10.1 Å². The molecule has 0 atom stereocenters. The van der Waals surface area contributed by atoms with Crippen molar-refractivity contribution in [3.05, 3.63) is 51.9 Å². The molecule has 2 aromatic rings. The highest BCUT2D eigenvalue weighted by Gasteiger charge is 2.19. The van der Waals surface area contributed by atoms with E-state index >= 15 is 0 Å². The summed E-state index contributed by atoms with van der Waals surface area (Å²) >= 11 is 1.17. The van der Waals surface area contributed by atoms with Crippen molar-refractivity contribution >= 4 is 27.3 Å². The number of hydrogen-bond acceptors (Lipinski definition) is 4. The van der Waals surface area contributed by atoms with Gasteiger partial charge in [-0.05, 0) is 49.2 Å². The lowest BCUT2D eigenvalue weighted by Crippen LogP contribution is -2.22. The molecule has 1 aromatic heterocycles. The van der Waals surface area contributed by atoms with Crippen LogP contribution >= 0.6 is 11.3 Å². The first-order valence-electron chi connectivity index (χ1n) is 7.08. The molecule has 23 heavy (non-hydrogen) atoms. The second kappa shape index (κ2) is 6.82. The number of amides is 1. The summed E-state index contributed by atoms with van der Waals surface area (Å²) in [4.78, 5) is 13.0. The Morgan fingerprint density at radius 2 is 1.83 bits per heavy atom. The van der Waals surface area contributed by atoms with Crippen molar-refractivity contribution in [3.8, 4) is 0 Å². The predicted octanol–water partition coefficient (Wildman–Crippen LogP) is 2.55. The predicted molar refractivity (Wildman–Crippen MR) is 92.3 cm³/mol. The van der Waals surface area contributed by atoms with E-state index in [0.29, 0.717) is 12.1 Å². The summed E-state index contributed by atoms with van der Waals surface area (Å²) in [5.41, 5.74) is 2.80. The topological polar surface area (TPSA) is 66.5 Å². The second-order valence-corrected chi connectivity index (χ2v) is 9.04. The maximum atomic E-state index is 12.2. The minimum atomic E-state index is -3.42. The average molecular weight is 352 g/mol. The number of hydrogen-bond donors (Lipinski definition) is 1. The van der Waals surface area contributed by atoms with Crippen LogP contribution in [-0.2, 0) is 16.6 Å². The summed E-state index contributed by atoms with van der Waals surface area (Å²) in [6, 6.07) is 8.84. The zero-order valence-corrected chi connectivity index (χ0v) is 15.2.